The molecule has 0 aromatic rings. The van der Waals surface area contributed by atoms with Crippen molar-refractivity contribution in [3.8, 4) is 0 Å². The normalized spacial score (nSPS) is 9.67. The topological polar surface area (TPSA) is 55.4 Å². The summed E-state index contributed by atoms with van der Waals surface area (Å²) in [6.45, 7) is 2.19. The van der Waals surface area contributed by atoms with Crippen LogP contribution in [-0.4, -0.2) is 12.4 Å². The zero-order valence-corrected chi connectivity index (χ0v) is 9.46. The Labute approximate surface area is 91.3 Å². The summed E-state index contributed by atoms with van der Waals surface area (Å²) in [4.78, 5) is 25.1. The second-order valence-electron chi connectivity index (χ2n) is 3.58. The third kappa shape index (κ3) is 10.9. The Kier molecular flexibility index (Phi) is 10.2. The molecule has 0 fully saturated rings. The minimum atomic E-state index is -0.365. The first-order valence-corrected chi connectivity index (χ1v) is 5.70. The zero-order chi connectivity index (χ0) is 11.4. The van der Waals surface area contributed by atoms with E-state index in [0.717, 1.165) is 12.8 Å². The Morgan fingerprint density at radius 1 is 1.13 bits per heavy atom. The standard InChI is InChI=1S/C11H21NO3/c1-2-3-4-5-6-7-8-9-11(14)15-12-10-13/h10H,2-9H2,1H3,(H,12,13). The molecule has 4 nitrogen and oxygen atoms in total. The monoisotopic (exact) mass is 215 g/mol. The van der Waals surface area contributed by atoms with Crippen molar-refractivity contribution >= 4 is 12.4 Å². The van der Waals surface area contributed by atoms with E-state index in [-0.39, 0.29) is 5.97 Å². The summed E-state index contributed by atoms with van der Waals surface area (Å²) >= 11 is 0. The van der Waals surface area contributed by atoms with Gasteiger partial charge in [-0.05, 0) is 6.42 Å². The number of unbranched alkanes of at least 4 members (excludes halogenated alkanes) is 6. The summed E-state index contributed by atoms with van der Waals surface area (Å²) in [6.07, 6.45) is 8.88. The molecule has 1 N–H and O–H groups in total. The summed E-state index contributed by atoms with van der Waals surface area (Å²) in [5.74, 6) is -0.365. The fraction of sp³-hybridized carbons (Fsp3) is 0.818. The molecular formula is C11H21NO3. The van der Waals surface area contributed by atoms with E-state index < -0.39 is 0 Å². The number of hydrogen-bond donors (Lipinski definition) is 1. The lowest BCUT2D eigenvalue weighted by Gasteiger charge is -2.01. The summed E-state index contributed by atoms with van der Waals surface area (Å²) in [7, 11) is 0. The van der Waals surface area contributed by atoms with E-state index in [9.17, 15) is 9.59 Å². The number of rotatable bonds is 10. The van der Waals surface area contributed by atoms with Crippen molar-refractivity contribution in [1.29, 1.82) is 0 Å². The van der Waals surface area contributed by atoms with Crippen LogP contribution in [0.3, 0.4) is 0 Å². The molecule has 0 unspecified atom stereocenters. The van der Waals surface area contributed by atoms with E-state index in [4.69, 9.17) is 0 Å². The lowest BCUT2D eigenvalue weighted by atomic mass is 10.1. The maximum atomic E-state index is 10.9. The number of amides is 1. The Balaban J connectivity index is 3.09. The first-order chi connectivity index (χ1) is 7.31. The molecule has 0 aliphatic carbocycles. The molecule has 0 heterocycles. The molecule has 0 aromatic carbocycles. The van der Waals surface area contributed by atoms with Crippen LogP contribution in [0.4, 0.5) is 0 Å². The van der Waals surface area contributed by atoms with Gasteiger partial charge in [0.05, 0.1) is 0 Å². The van der Waals surface area contributed by atoms with Gasteiger partial charge >= 0.3 is 5.97 Å². The number of hydrogen-bond acceptors (Lipinski definition) is 3. The van der Waals surface area contributed by atoms with Crippen LogP contribution in [0.1, 0.15) is 58.3 Å². The first-order valence-electron chi connectivity index (χ1n) is 5.70. The number of carbonyl (C=O) groups excluding carboxylic acids is 2. The highest BCUT2D eigenvalue weighted by molar-refractivity contribution is 5.69. The lowest BCUT2D eigenvalue weighted by molar-refractivity contribution is -0.154. The van der Waals surface area contributed by atoms with Gasteiger partial charge in [0.2, 0.25) is 6.41 Å². The van der Waals surface area contributed by atoms with Crippen LogP contribution in [0.5, 0.6) is 0 Å². The van der Waals surface area contributed by atoms with Crippen molar-refractivity contribution in [2.45, 2.75) is 58.3 Å². The van der Waals surface area contributed by atoms with Gasteiger partial charge in [-0.15, -0.1) is 0 Å². The molecule has 0 aromatic heterocycles. The average molecular weight is 215 g/mol. The van der Waals surface area contributed by atoms with Crippen molar-refractivity contribution in [3.63, 3.8) is 0 Å². The Bertz CT molecular complexity index is 171. The third-order valence-electron chi connectivity index (χ3n) is 2.21. The average Bonchev–Trinajstić information content (AvgIpc) is 2.25. The fourth-order valence-corrected chi connectivity index (χ4v) is 1.37. The molecule has 0 aliphatic rings. The van der Waals surface area contributed by atoms with E-state index in [2.05, 4.69) is 11.8 Å². The molecule has 4 heteroatoms. The van der Waals surface area contributed by atoms with Gasteiger partial charge in [0.1, 0.15) is 0 Å². The van der Waals surface area contributed by atoms with Crippen LogP contribution in [0.2, 0.25) is 0 Å². The van der Waals surface area contributed by atoms with Crippen LogP contribution >= 0.6 is 0 Å². The van der Waals surface area contributed by atoms with Crippen LogP contribution in [0.25, 0.3) is 0 Å². The van der Waals surface area contributed by atoms with Gasteiger partial charge in [-0.2, -0.15) is 5.48 Å². The molecule has 0 spiro atoms. The molecular weight excluding hydrogens is 194 g/mol. The quantitative estimate of drug-likeness (QED) is 0.345. The second kappa shape index (κ2) is 11.0. The van der Waals surface area contributed by atoms with Crippen LogP contribution in [0.15, 0.2) is 0 Å². The zero-order valence-electron chi connectivity index (χ0n) is 9.46. The van der Waals surface area contributed by atoms with Crippen molar-refractivity contribution < 1.29 is 14.4 Å². The van der Waals surface area contributed by atoms with E-state index in [1.165, 1.54) is 32.1 Å². The summed E-state index contributed by atoms with van der Waals surface area (Å²) in [5, 5.41) is 0. The number of nitrogens with one attached hydrogen (secondary N) is 1. The highest BCUT2D eigenvalue weighted by atomic mass is 16.7. The van der Waals surface area contributed by atoms with Crippen LogP contribution in [0, 0.1) is 0 Å². The largest absolute Gasteiger partial charge is 0.341 e. The van der Waals surface area contributed by atoms with E-state index in [1.807, 2.05) is 5.48 Å². The minimum Gasteiger partial charge on any atom is -0.341 e. The molecule has 0 saturated carbocycles. The Morgan fingerprint density at radius 2 is 1.73 bits per heavy atom. The fourth-order valence-electron chi connectivity index (χ4n) is 1.37. The second-order valence-corrected chi connectivity index (χ2v) is 3.58. The maximum absolute atomic E-state index is 10.9. The highest BCUT2D eigenvalue weighted by Gasteiger charge is 2.01. The first kappa shape index (κ1) is 13.9. The summed E-state index contributed by atoms with van der Waals surface area (Å²) < 4.78 is 0. The van der Waals surface area contributed by atoms with E-state index >= 15 is 0 Å². The molecule has 15 heavy (non-hydrogen) atoms. The van der Waals surface area contributed by atoms with Crippen molar-refractivity contribution in [2.75, 3.05) is 0 Å². The summed E-state index contributed by atoms with van der Waals surface area (Å²) in [6, 6.07) is 0. The van der Waals surface area contributed by atoms with Gasteiger partial charge in [-0.3, -0.25) is 4.79 Å². The molecule has 0 bridgehead atoms. The molecule has 0 rings (SSSR count). The Morgan fingerprint density at radius 3 is 2.33 bits per heavy atom. The smallest absolute Gasteiger partial charge is 0.332 e. The number of carbonyl (C=O) groups is 2. The SMILES string of the molecule is CCCCCCCCCC(=O)ONC=O. The molecule has 0 saturated heterocycles. The third-order valence-corrected chi connectivity index (χ3v) is 2.21. The van der Waals surface area contributed by atoms with Gasteiger partial charge in [-0.1, -0.05) is 45.4 Å². The van der Waals surface area contributed by atoms with Gasteiger partial charge in [0.15, 0.2) is 0 Å². The van der Waals surface area contributed by atoms with Crippen molar-refractivity contribution in [3.05, 3.63) is 0 Å². The molecule has 0 aliphatic heterocycles. The minimum absolute atomic E-state index is 0.350. The van der Waals surface area contributed by atoms with Gasteiger partial charge in [0.25, 0.3) is 0 Å². The predicted octanol–water partition coefficient (Wildman–Crippen LogP) is 2.33. The molecule has 88 valence electrons. The predicted molar refractivity (Wildman–Crippen MR) is 57.9 cm³/mol. The van der Waals surface area contributed by atoms with E-state index in [0.29, 0.717) is 12.8 Å². The van der Waals surface area contributed by atoms with Crippen molar-refractivity contribution in [2.24, 2.45) is 0 Å². The molecule has 1 amide bonds. The highest BCUT2D eigenvalue weighted by Crippen LogP contribution is 2.08. The van der Waals surface area contributed by atoms with Gasteiger partial charge < -0.3 is 4.84 Å². The number of hydroxylamine groups is 1. The maximum Gasteiger partial charge on any atom is 0.332 e. The van der Waals surface area contributed by atoms with Crippen LogP contribution in [-0.2, 0) is 14.4 Å². The molecule has 0 atom stereocenters. The molecule has 0 radical (unpaired) electrons. The van der Waals surface area contributed by atoms with E-state index in [1.54, 1.807) is 0 Å². The van der Waals surface area contributed by atoms with Crippen molar-refractivity contribution in [1.82, 2.24) is 5.48 Å². The lowest BCUT2D eigenvalue weighted by Crippen LogP contribution is -2.17. The van der Waals surface area contributed by atoms with Crippen LogP contribution < -0.4 is 5.48 Å². The summed E-state index contributed by atoms with van der Waals surface area (Å²) in [5.41, 5.74) is 1.89. The Hall–Kier alpha value is -1.06. The van der Waals surface area contributed by atoms with Gasteiger partial charge in [-0.25, -0.2) is 4.79 Å². The van der Waals surface area contributed by atoms with Gasteiger partial charge in [0, 0.05) is 6.42 Å².